The fourth-order valence-corrected chi connectivity index (χ4v) is 12.2. The number of hydrogen-bond donors (Lipinski definition) is 1. The predicted octanol–water partition coefficient (Wildman–Crippen LogP) is 3.48. The molecule has 4 heteroatoms. The summed E-state index contributed by atoms with van der Waals surface area (Å²) < 4.78 is 2.88. The molecule has 0 spiro atoms. The van der Waals surface area contributed by atoms with E-state index in [1.54, 1.807) is 0 Å². The zero-order valence-corrected chi connectivity index (χ0v) is 14.3. The van der Waals surface area contributed by atoms with E-state index in [4.69, 9.17) is 5.73 Å². The van der Waals surface area contributed by atoms with E-state index in [2.05, 4.69) is 43.5 Å². The Morgan fingerprint density at radius 3 is 1.56 bits per heavy atom. The van der Waals surface area contributed by atoms with Crippen LogP contribution in [0.5, 0.6) is 0 Å². The van der Waals surface area contributed by atoms with E-state index in [1.807, 2.05) is 0 Å². The first-order chi connectivity index (χ1) is 7.19. The zero-order chi connectivity index (χ0) is 12.8. The fourth-order valence-electron chi connectivity index (χ4n) is 2.44. The molecule has 0 aromatic heterocycles. The summed E-state index contributed by atoms with van der Waals surface area (Å²) in [7, 11) is -2.24. The Hall–Kier alpha value is 0.354. The van der Waals surface area contributed by atoms with Crippen LogP contribution in [-0.4, -0.2) is 33.8 Å². The second-order valence-corrected chi connectivity index (χ2v) is 16.9. The highest BCUT2D eigenvalue weighted by atomic mass is 28.4. The highest BCUT2D eigenvalue weighted by Crippen LogP contribution is 2.20. The van der Waals surface area contributed by atoms with Gasteiger partial charge in [-0.15, -0.1) is 0 Å². The third kappa shape index (κ3) is 6.83. The normalized spacial score (nSPS) is 13.5. The number of nitrogens with zero attached hydrogens (tertiary/aromatic N) is 1. The molecule has 0 aliphatic rings. The molecule has 0 unspecified atom stereocenters. The Morgan fingerprint density at radius 1 is 0.750 bits per heavy atom. The van der Waals surface area contributed by atoms with Crippen molar-refractivity contribution < 1.29 is 0 Å². The van der Waals surface area contributed by atoms with Gasteiger partial charge >= 0.3 is 0 Å². The molecular weight excluding hydrogens is 228 g/mol. The van der Waals surface area contributed by atoms with Crippen molar-refractivity contribution in [3.8, 4) is 0 Å². The van der Waals surface area contributed by atoms with Gasteiger partial charge in [0.2, 0.25) is 0 Å². The van der Waals surface area contributed by atoms with Gasteiger partial charge in [0.15, 0.2) is 0 Å². The van der Waals surface area contributed by atoms with Gasteiger partial charge in [0.1, 0.15) is 16.5 Å². The van der Waals surface area contributed by atoms with Crippen molar-refractivity contribution in [2.24, 2.45) is 5.73 Å². The summed E-state index contributed by atoms with van der Waals surface area (Å²) in [4.78, 5) is 0. The summed E-state index contributed by atoms with van der Waals surface area (Å²) in [5.74, 6) is 0. The van der Waals surface area contributed by atoms with Gasteiger partial charge in [0.25, 0.3) is 0 Å². The standard InChI is InChI=1S/C12H32N2Si2/c1-15(2,3)14(16(4,5)6)12-10-8-7-9-11-13/h7-13H2,1-6H3. The molecule has 16 heavy (non-hydrogen) atoms. The van der Waals surface area contributed by atoms with Crippen molar-refractivity contribution in [2.45, 2.75) is 65.0 Å². The fraction of sp³-hybridized carbons (Fsp3) is 1.00. The van der Waals surface area contributed by atoms with Crippen LogP contribution in [0.3, 0.4) is 0 Å². The molecule has 0 rings (SSSR count). The smallest absolute Gasteiger partial charge is 0.112 e. The van der Waals surface area contributed by atoms with E-state index in [0.29, 0.717) is 0 Å². The first kappa shape index (κ1) is 16.4. The molecule has 0 aromatic carbocycles. The lowest BCUT2D eigenvalue weighted by Gasteiger charge is -2.43. The molecule has 0 amide bonds. The Kier molecular flexibility index (Phi) is 7.09. The molecule has 0 fully saturated rings. The van der Waals surface area contributed by atoms with Gasteiger partial charge in [-0.05, 0) is 25.9 Å². The highest BCUT2D eigenvalue weighted by molar-refractivity contribution is 6.89. The quantitative estimate of drug-likeness (QED) is 0.535. The van der Waals surface area contributed by atoms with Crippen LogP contribution in [0.1, 0.15) is 25.7 Å². The van der Waals surface area contributed by atoms with Crippen molar-refractivity contribution in [3.05, 3.63) is 0 Å². The van der Waals surface area contributed by atoms with Crippen molar-refractivity contribution in [3.63, 3.8) is 0 Å². The van der Waals surface area contributed by atoms with Crippen LogP contribution in [0.2, 0.25) is 39.3 Å². The molecule has 2 nitrogen and oxygen atoms in total. The summed E-state index contributed by atoms with van der Waals surface area (Å²) in [6.45, 7) is 17.0. The van der Waals surface area contributed by atoms with Gasteiger partial charge in [-0.1, -0.05) is 52.1 Å². The van der Waals surface area contributed by atoms with E-state index >= 15 is 0 Å². The van der Waals surface area contributed by atoms with Gasteiger partial charge in [0, 0.05) is 0 Å². The Morgan fingerprint density at radius 2 is 1.19 bits per heavy atom. The predicted molar refractivity (Wildman–Crippen MR) is 80.9 cm³/mol. The molecule has 2 N–H and O–H groups in total. The molecule has 0 saturated heterocycles. The molecule has 0 aliphatic heterocycles. The molecule has 0 heterocycles. The lowest BCUT2D eigenvalue weighted by Crippen LogP contribution is -2.59. The second-order valence-electron chi connectivity index (χ2n) is 6.70. The Labute approximate surface area is 105 Å². The van der Waals surface area contributed by atoms with Crippen LogP contribution in [-0.2, 0) is 0 Å². The Balaban J connectivity index is 4.06. The number of rotatable bonds is 8. The number of nitrogens with two attached hydrogens (primary N) is 1. The average Bonchev–Trinajstić information content (AvgIpc) is 2.06. The van der Waals surface area contributed by atoms with Gasteiger partial charge in [-0.2, -0.15) is 0 Å². The SMILES string of the molecule is C[Si](C)(C)N(CCCCCCN)[Si](C)(C)C. The summed E-state index contributed by atoms with van der Waals surface area (Å²) >= 11 is 0. The molecule has 98 valence electrons. The van der Waals surface area contributed by atoms with Crippen LogP contribution in [0.15, 0.2) is 0 Å². The van der Waals surface area contributed by atoms with Crippen LogP contribution >= 0.6 is 0 Å². The van der Waals surface area contributed by atoms with E-state index in [-0.39, 0.29) is 0 Å². The van der Waals surface area contributed by atoms with Crippen LogP contribution < -0.4 is 5.73 Å². The summed E-state index contributed by atoms with van der Waals surface area (Å²) in [5, 5.41) is 0. The minimum atomic E-state index is -1.12. The number of hydrogen-bond acceptors (Lipinski definition) is 2. The molecular formula is C12H32N2Si2. The lowest BCUT2D eigenvalue weighted by molar-refractivity contribution is 0.542. The molecule has 0 saturated carbocycles. The minimum Gasteiger partial charge on any atom is -0.346 e. The molecule has 0 radical (unpaired) electrons. The first-order valence-corrected chi connectivity index (χ1v) is 13.6. The van der Waals surface area contributed by atoms with E-state index < -0.39 is 16.5 Å². The molecule has 0 aromatic rings. The highest BCUT2D eigenvalue weighted by Gasteiger charge is 2.33. The number of unbranched alkanes of at least 4 members (excludes halogenated alkanes) is 3. The maximum Gasteiger partial charge on any atom is 0.112 e. The summed E-state index contributed by atoms with van der Waals surface area (Å²) in [6.07, 6.45) is 5.21. The zero-order valence-electron chi connectivity index (χ0n) is 12.3. The largest absolute Gasteiger partial charge is 0.346 e. The maximum atomic E-state index is 5.51. The van der Waals surface area contributed by atoms with Gasteiger partial charge in [0.05, 0.1) is 0 Å². The van der Waals surface area contributed by atoms with Crippen LogP contribution in [0, 0.1) is 0 Å². The van der Waals surface area contributed by atoms with Gasteiger partial charge in [-0.25, -0.2) is 0 Å². The monoisotopic (exact) mass is 260 g/mol. The van der Waals surface area contributed by atoms with Crippen LogP contribution in [0.4, 0.5) is 0 Å². The summed E-state index contributed by atoms with van der Waals surface area (Å²) in [5.41, 5.74) is 5.51. The van der Waals surface area contributed by atoms with Crippen molar-refractivity contribution in [1.29, 1.82) is 0 Å². The molecule has 0 atom stereocenters. The van der Waals surface area contributed by atoms with Crippen molar-refractivity contribution in [2.75, 3.05) is 13.1 Å². The second kappa shape index (κ2) is 6.94. The van der Waals surface area contributed by atoms with Gasteiger partial charge < -0.3 is 9.96 Å². The third-order valence-corrected chi connectivity index (χ3v) is 10.7. The van der Waals surface area contributed by atoms with E-state index in [0.717, 1.165) is 6.54 Å². The maximum absolute atomic E-state index is 5.51. The van der Waals surface area contributed by atoms with E-state index in [1.165, 1.54) is 32.2 Å². The summed E-state index contributed by atoms with van der Waals surface area (Å²) in [6, 6.07) is 0. The van der Waals surface area contributed by atoms with Crippen molar-refractivity contribution >= 4 is 16.5 Å². The molecule has 0 bridgehead atoms. The van der Waals surface area contributed by atoms with Crippen molar-refractivity contribution in [1.82, 2.24) is 4.23 Å². The topological polar surface area (TPSA) is 29.3 Å². The first-order valence-electron chi connectivity index (χ1n) is 6.67. The average molecular weight is 261 g/mol. The minimum absolute atomic E-state index is 0.853. The molecule has 0 aliphatic carbocycles. The Bertz CT molecular complexity index is 168. The third-order valence-electron chi connectivity index (χ3n) is 2.96. The van der Waals surface area contributed by atoms with E-state index in [9.17, 15) is 0 Å². The van der Waals surface area contributed by atoms with Gasteiger partial charge in [-0.3, -0.25) is 0 Å². The van der Waals surface area contributed by atoms with Crippen LogP contribution in [0.25, 0.3) is 0 Å². The lowest BCUT2D eigenvalue weighted by atomic mass is 10.2.